The molecule has 102 heavy (non-hydrogen) atoms. The number of amides is 4. The summed E-state index contributed by atoms with van der Waals surface area (Å²) < 4.78 is 57.9. The standard InChI is InChI=1S/C73H90N4O25/c1-7-44(78)15-10-8-11-16-53(79)47-28-42(18-20-57(47)101-70-64(85)62(83)55(81)37-97-70)35-99-72(91)76-49-31-59(41(4)27-45(49)66(87)74-33-39(2)25-51(74)68(76)89)95-23-12-9-13-24-96-61-32-50-46(30-60(61)94-6)67(88)75-34-40(3)26-52(75)69(90)77(50)73(92)100-36-43-19-21-58(48(29-43)54(80)17-14-22-93-5)102-71-65(86)63(84)56(82)38-98-71/h18-21,27-32,51-52,55-56,62-65,68-71,81-86,89-90H,2-3,7-17,22-26,33-38H2,1,4-6H3/t51-,52-,55+,56+,62-,63-,64+,65+,68?,69?,70-,71-/m0/s1. The van der Waals surface area contributed by atoms with Crippen LogP contribution >= 0.6 is 0 Å². The Hall–Kier alpha value is -8.59. The van der Waals surface area contributed by atoms with Gasteiger partial charge in [-0.1, -0.05) is 49.8 Å². The minimum Gasteiger partial charge on any atom is -0.493 e. The number of carbonyl (C=O) groups excluding carboxylic acids is 7. The van der Waals surface area contributed by atoms with Crippen LogP contribution in [0.3, 0.4) is 0 Å². The predicted octanol–water partition coefficient (Wildman–Crippen LogP) is 5.48. The van der Waals surface area contributed by atoms with Crippen molar-refractivity contribution in [2.45, 2.75) is 184 Å². The fourth-order valence-electron chi connectivity index (χ4n) is 13.2. The zero-order valence-electron chi connectivity index (χ0n) is 57.5. The summed E-state index contributed by atoms with van der Waals surface area (Å²) in [5.41, 5.74) is 2.62. The van der Waals surface area contributed by atoms with E-state index in [4.69, 9.17) is 47.4 Å². The average molecular weight is 1420 g/mol. The molecule has 0 aliphatic carbocycles. The Kier molecular flexibility index (Phi) is 25.5. The van der Waals surface area contributed by atoms with Gasteiger partial charge < -0.3 is 98.0 Å². The molecular formula is C73H90N4O25. The molecule has 2 unspecified atom stereocenters. The number of carbonyl (C=O) groups is 7. The highest BCUT2D eigenvalue weighted by molar-refractivity contribution is 6.07. The normalized spacial score (nSPS) is 24.6. The molecule has 4 amide bonds. The summed E-state index contributed by atoms with van der Waals surface area (Å²) in [6.45, 7) is 10.8. The van der Waals surface area contributed by atoms with Gasteiger partial charge in [0.1, 0.15) is 72.9 Å². The summed E-state index contributed by atoms with van der Waals surface area (Å²) in [5.74, 6) is -1.08. The summed E-state index contributed by atoms with van der Waals surface area (Å²) in [5, 5.41) is 86.2. The molecule has 6 aliphatic heterocycles. The van der Waals surface area contributed by atoms with E-state index in [1.54, 1.807) is 19.9 Å². The van der Waals surface area contributed by atoms with Crippen LogP contribution in [0.15, 0.2) is 85.0 Å². The number of nitrogens with zero attached hydrogens (tertiary/aromatic N) is 4. The third kappa shape index (κ3) is 17.2. The number of ketones is 3. The Labute approximate surface area is 589 Å². The molecule has 0 radical (unpaired) electrons. The maximum atomic E-state index is 14.5. The van der Waals surface area contributed by atoms with Gasteiger partial charge in [0.15, 0.2) is 35.5 Å². The molecule has 4 aromatic rings. The van der Waals surface area contributed by atoms with Crippen LogP contribution in [0.2, 0.25) is 0 Å². The highest BCUT2D eigenvalue weighted by atomic mass is 16.7. The molecule has 29 heteroatoms. The minimum absolute atomic E-state index is 0.00320. The highest BCUT2D eigenvalue weighted by Gasteiger charge is 2.49. The van der Waals surface area contributed by atoms with Gasteiger partial charge in [0.05, 0.1) is 79.2 Å². The second kappa shape index (κ2) is 34.1. The quantitative estimate of drug-likeness (QED) is 0.0182. The van der Waals surface area contributed by atoms with Crippen LogP contribution < -0.4 is 33.5 Å². The number of aliphatic hydroxyl groups excluding tert-OH is 8. The van der Waals surface area contributed by atoms with Gasteiger partial charge in [-0.05, 0) is 111 Å². The van der Waals surface area contributed by atoms with Gasteiger partial charge in [0.2, 0.25) is 12.6 Å². The van der Waals surface area contributed by atoms with Gasteiger partial charge >= 0.3 is 12.2 Å². The molecule has 0 bridgehead atoms. The molecule has 0 aromatic heterocycles. The number of aryl methyl sites for hydroxylation is 1. The van der Waals surface area contributed by atoms with Crippen LogP contribution in [0.1, 0.15) is 149 Å². The number of hydrogen-bond acceptors (Lipinski definition) is 25. The summed E-state index contributed by atoms with van der Waals surface area (Å²) in [6, 6.07) is 12.8. The van der Waals surface area contributed by atoms with Crippen molar-refractivity contribution in [2.75, 3.05) is 70.1 Å². The third-order valence-electron chi connectivity index (χ3n) is 18.9. The third-order valence-corrected chi connectivity index (χ3v) is 18.9. The van der Waals surface area contributed by atoms with Gasteiger partial charge in [0.25, 0.3) is 11.8 Å². The van der Waals surface area contributed by atoms with E-state index >= 15 is 0 Å². The fraction of sp³-hybridized carbons (Fsp3) is 0.521. The van der Waals surface area contributed by atoms with Crippen molar-refractivity contribution in [3.8, 4) is 28.7 Å². The molecule has 6 heterocycles. The molecule has 552 valence electrons. The lowest BCUT2D eigenvalue weighted by atomic mass is 10.0. The molecule has 12 atom stereocenters. The first kappa shape index (κ1) is 76.1. The molecule has 4 saturated heterocycles. The first-order valence-electron chi connectivity index (χ1n) is 34.2. The first-order valence-corrected chi connectivity index (χ1v) is 34.2. The van der Waals surface area contributed by atoms with Crippen LogP contribution in [0.4, 0.5) is 21.0 Å². The molecule has 0 saturated carbocycles. The maximum Gasteiger partial charge on any atom is 0.416 e. The van der Waals surface area contributed by atoms with Gasteiger partial charge in [-0.2, -0.15) is 0 Å². The van der Waals surface area contributed by atoms with Crippen molar-refractivity contribution < 1.29 is 122 Å². The van der Waals surface area contributed by atoms with Crippen molar-refractivity contribution in [3.63, 3.8) is 0 Å². The van der Waals surface area contributed by atoms with E-state index in [1.807, 2.05) is 0 Å². The number of fused-ring (bicyclic) bond motifs is 4. The SMILES string of the molecule is C=C1C[C@H]2C(O)N(C(=O)OCc3ccc(O[C@@H]4OC[C@@H](O)[C@H](O)[C@H]4O)c(C(=O)CCCCCC(=O)CC)c3)c3cc(OCCCCCOc4cc5c(cc4OC)C(=O)N4CC(=C)C[C@H]4C(O)N5C(=O)OCc4ccc(O[C@@H]5OC[C@@H](O)[C@H](O)[C@H]5O)c(C(=O)CCCOC)c4)c(C)cc3C(=O)N2C1. The zero-order chi connectivity index (χ0) is 73.2. The summed E-state index contributed by atoms with van der Waals surface area (Å²) in [4.78, 5) is 102. The Bertz CT molecular complexity index is 3770. The number of methoxy groups -OCH3 is 2. The lowest BCUT2D eigenvalue weighted by molar-refractivity contribution is -0.242. The van der Waals surface area contributed by atoms with Crippen molar-refractivity contribution in [3.05, 3.63) is 124 Å². The fourth-order valence-corrected chi connectivity index (χ4v) is 13.2. The molecule has 0 spiro atoms. The van der Waals surface area contributed by atoms with Gasteiger partial charge in [-0.15, -0.1) is 0 Å². The Morgan fingerprint density at radius 3 is 1.48 bits per heavy atom. The Morgan fingerprint density at radius 2 is 0.990 bits per heavy atom. The van der Waals surface area contributed by atoms with Crippen molar-refractivity contribution in [2.24, 2.45) is 0 Å². The summed E-state index contributed by atoms with van der Waals surface area (Å²) in [7, 11) is 2.88. The summed E-state index contributed by atoms with van der Waals surface area (Å²) in [6.07, 6.45) is -12.9. The van der Waals surface area contributed by atoms with Crippen LogP contribution in [-0.4, -0.2) is 226 Å². The second-order valence-electron chi connectivity index (χ2n) is 26.3. The molecule has 10 rings (SSSR count). The predicted molar refractivity (Wildman–Crippen MR) is 361 cm³/mol. The topological polar surface area (TPSA) is 387 Å². The molecule has 4 fully saturated rings. The van der Waals surface area contributed by atoms with Gasteiger partial charge in [-0.25, -0.2) is 19.4 Å². The van der Waals surface area contributed by atoms with Crippen LogP contribution in [0, 0.1) is 6.92 Å². The molecule has 4 aromatic carbocycles. The van der Waals surface area contributed by atoms with Gasteiger partial charge in [0, 0.05) is 64.6 Å². The lowest BCUT2D eigenvalue weighted by Gasteiger charge is -2.35. The minimum atomic E-state index is -1.67. The van der Waals surface area contributed by atoms with Gasteiger partial charge in [-0.3, -0.25) is 24.0 Å². The van der Waals surface area contributed by atoms with E-state index in [0.717, 1.165) is 9.80 Å². The Balaban J connectivity index is 0.806. The van der Waals surface area contributed by atoms with Crippen molar-refractivity contribution >= 4 is 52.7 Å². The number of aliphatic hydroxyl groups is 8. The number of benzene rings is 4. The van der Waals surface area contributed by atoms with Crippen molar-refractivity contribution in [1.82, 2.24) is 9.80 Å². The number of ether oxygens (including phenoxy) is 10. The molecule has 8 N–H and O–H groups in total. The number of hydrogen-bond donors (Lipinski definition) is 8. The van der Waals surface area contributed by atoms with E-state index in [-0.39, 0.29) is 140 Å². The number of anilines is 2. The van der Waals surface area contributed by atoms with Crippen LogP contribution in [0.5, 0.6) is 28.7 Å². The number of rotatable bonds is 30. The van der Waals surface area contributed by atoms with E-state index < -0.39 is 117 Å². The van der Waals surface area contributed by atoms with Crippen molar-refractivity contribution in [1.29, 1.82) is 0 Å². The van der Waals surface area contributed by atoms with E-state index in [1.165, 1.54) is 78.6 Å². The first-order chi connectivity index (χ1) is 48.9. The highest BCUT2D eigenvalue weighted by Crippen LogP contribution is 2.44. The number of unbranched alkanes of at least 4 members (excludes halogenated alkanes) is 4. The Morgan fingerprint density at radius 1 is 0.529 bits per heavy atom. The lowest BCUT2D eigenvalue weighted by Crippen LogP contribution is -2.54. The smallest absolute Gasteiger partial charge is 0.416 e. The van der Waals surface area contributed by atoms with E-state index in [0.29, 0.717) is 91.4 Å². The molecule has 29 nitrogen and oxygen atoms in total. The van der Waals surface area contributed by atoms with Crippen LogP contribution in [0.25, 0.3) is 0 Å². The van der Waals surface area contributed by atoms with E-state index in [9.17, 15) is 74.4 Å². The average Bonchev–Trinajstić information content (AvgIpc) is 1.60. The maximum absolute atomic E-state index is 14.5. The molecular weight excluding hydrogens is 1330 g/mol. The van der Waals surface area contributed by atoms with Crippen LogP contribution in [-0.2, 0) is 41.7 Å². The summed E-state index contributed by atoms with van der Waals surface area (Å²) >= 11 is 0. The largest absolute Gasteiger partial charge is 0.493 e. The van der Waals surface area contributed by atoms with E-state index in [2.05, 4.69) is 13.2 Å². The zero-order valence-corrected chi connectivity index (χ0v) is 57.5. The number of Topliss-reactive ketones (excluding diaryl/α,β-unsaturated/α-hetero) is 3. The molecule has 6 aliphatic rings. The monoisotopic (exact) mass is 1420 g/mol. The second-order valence-corrected chi connectivity index (χ2v) is 26.3.